The molecule has 3 rings (SSSR count). The Morgan fingerprint density at radius 1 is 1.14 bits per heavy atom. The average Bonchev–Trinajstić information content (AvgIpc) is 2.90. The second kappa shape index (κ2) is 6.58. The van der Waals surface area contributed by atoms with Crippen LogP contribution in [-0.4, -0.2) is 53.1 Å². The molecule has 2 aliphatic rings. The first-order valence-electron chi connectivity index (χ1n) is 7.93. The van der Waals surface area contributed by atoms with E-state index in [0.717, 1.165) is 39.0 Å². The third-order valence-electron chi connectivity index (χ3n) is 4.74. The van der Waals surface area contributed by atoms with Gasteiger partial charge in [-0.2, -0.15) is 0 Å². The lowest BCUT2D eigenvalue weighted by Crippen LogP contribution is -2.45. The number of carbonyl (C=O) groups excluding carboxylic acids is 1. The molecule has 21 heavy (non-hydrogen) atoms. The molecule has 1 amide bonds. The van der Waals surface area contributed by atoms with Crippen LogP contribution in [0.5, 0.6) is 0 Å². The van der Waals surface area contributed by atoms with E-state index in [1.807, 2.05) is 11.0 Å². The fraction of sp³-hybridized carbons (Fsp3) is 0.588. The molecule has 1 aromatic rings. The Hall–Kier alpha value is -1.39. The second-order valence-corrected chi connectivity index (χ2v) is 6.29. The zero-order chi connectivity index (χ0) is 14.7. The Balaban J connectivity index is 1.50. The summed E-state index contributed by atoms with van der Waals surface area (Å²) in [6, 6.07) is 10.9. The molecule has 4 nitrogen and oxygen atoms in total. The number of aliphatic hydroxyl groups excluding tert-OH is 1. The molecule has 2 saturated heterocycles. The van der Waals surface area contributed by atoms with Crippen molar-refractivity contribution in [1.82, 2.24) is 9.80 Å². The SMILES string of the molecule is O=C1CC(CO)CN1C1CCN(Cc2ccccc2)CC1. The first-order chi connectivity index (χ1) is 10.3. The number of hydrogen-bond acceptors (Lipinski definition) is 3. The van der Waals surface area contributed by atoms with Gasteiger partial charge in [-0.15, -0.1) is 0 Å². The van der Waals surface area contributed by atoms with Gasteiger partial charge in [-0.3, -0.25) is 9.69 Å². The number of nitrogens with zero attached hydrogens (tertiary/aromatic N) is 2. The zero-order valence-corrected chi connectivity index (χ0v) is 12.4. The smallest absolute Gasteiger partial charge is 0.223 e. The minimum atomic E-state index is 0.134. The summed E-state index contributed by atoms with van der Waals surface area (Å²) in [6.45, 7) is 3.98. The van der Waals surface area contributed by atoms with E-state index in [0.29, 0.717) is 12.5 Å². The maximum atomic E-state index is 12.0. The Morgan fingerprint density at radius 3 is 2.48 bits per heavy atom. The first-order valence-corrected chi connectivity index (χ1v) is 7.93. The molecule has 0 aromatic heterocycles. The van der Waals surface area contributed by atoms with Gasteiger partial charge in [0.15, 0.2) is 0 Å². The van der Waals surface area contributed by atoms with Crippen molar-refractivity contribution in [3.63, 3.8) is 0 Å². The highest BCUT2D eigenvalue weighted by atomic mass is 16.3. The van der Waals surface area contributed by atoms with E-state index in [1.165, 1.54) is 5.56 Å². The van der Waals surface area contributed by atoms with Crippen LogP contribution in [-0.2, 0) is 11.3 Å². The maximum Gasteiger partial charge on any atom is 0.223 e. The summed E-state index contributed by atoms with van der Waals surface area (Å²) in [4.78, 5) is 16.5. The van der Waals surface area contributed by atoms with Crippen molar-refractivity contribution in [3.8, 4) is 0 Å². The monoisotopic (exact) mass is 288 g/mol. The van der Waals surface area contributed by atoms with Gasteiger partial charge in [0.1, 0.15) is 0 Å². The van der Waals surface area contributed by atoms with Crippen molar-refractivity contribution in [1.29, 1.82) is 0 Å². The number of amides is 1. The minimum Gasteiger partial charge on any atom is -0.396 e. The standard InChI is InChI=1S/C17H24N2O2/c20-13-15-10-17(21)19(12-15)16-6-8-18(9-7-16)11-14-4-2-1-3-5-14/h1-5,15-16,20H,6-13H2. The third-order valence-corrected chi connectivity index (χ3v) is 4.74. The number of rotatable bonds is 4. The number of aliphatic hydroxyl groups is 1. The van der Waals surface area contributed by atoms with E-state index in [2.05, 4.69) is 29.2 Å². The van der Waals surface area contributed by atoms with Crippen molar-refractivity contribution >= 4 is 5.91 Å². The van der Waals surface area contributed by atoms with Crippen LogP contribution in [0, 0.1) is 5.92 Å². The van der Waals surface area contributed by atoms with E-state index in [9.17, 15) is 9.90 Å². The van der Waals surface area contributed by atoms with Crippen molar-refractivity contribution in [2.24, 2.45) is 5.92 Å². The van der Waals surface area contributed by atoms with Crippen LogP contribution in [0.2, 0.25) is 0 Å². The van der Waals surface area contributed by atoms with E-state index in [-0.39, 0.29) is 18.4 Å². The summed E-state index contributed by atoms with van der Waals surface area (Å²) >= 11 is 0. The lowest BCUT2D eigenvalue weighted by Gasteiger charge is -2.36. The van der Waals surface area contributed by atoms with Gasteiger partial charge < -0.3 is 10.0 Å². The molecule has 0 saturated carbocycles. The quantitative estimate of drug-likeness (QED) is 0.913. The molecule has 2 heterocycles. The van der Waals surface area contributed by atoms with Crippen LogP contribution in [0.15, 0.2) is 30.3 Å². The molecule has 114 valence electrons. The van der Waals surface area contributed by atoms with Gasteiger partial charge >= 0.3 is 0 Å². The molecule has 1 N–H and O–H groups in total. The number of likely N-dealkylation sites (tertiary alicyclic amines) is 2. The van der Waals surface area contributed by atoms with Gasteiger partial charge in [0, 0.05) is 51.2 Å². The molecule has 0 aliphatic carbocycles. The highest BCUT2D eigenvalue weighted by molar-refractivity contribution is 5.79. The lowest BCUT2D eigenvalue weighted by molar-refractivity contribution is -0.130. The van der Waals surface area contributed by atoms with Crippen LogP contribution in [0.4, 0.5) is 0 Å². The Kier molecular flexibility index (Phi) is 4.56. The normalized spacial score (nSPS) is 24.7. The molecule has 1 unspecified atom stereocenters. The maximum absolute atomic E-state index is 12.0. The number of piperidine rings is 1. The van der Waals surface area contributed by atoms with Crippen LogP contribution < -0.4 is 0 Å². The summed E-state index contributed by atoms with van der Waals surface area (Å²) in [5.74, 6) is 0.385. The zero-order valence-electron chi connectivity index (χ0n) is 12.4. The van der Waals surface area contributed by atoms with E-state index in [1.54, 1.807) is 0 Å². The predicted octanol–water partition coefficient (Wildman–Crippen LogP) is 1.49. The highest BCUT2D eigenvalue weighted by Crippen LogP contribution is 2.25. The van der Waals surface area contributed by atoms with Crippen molar-refractivity contribution in [2.45, 2.75) is 31.8 Å². The molecule has 2 aliphatic heterocycles. The van der Waals surface area contributed by atoms with Crippen LogP contribution in [0.25, 0.3) is 0 Å². The Labute approximate surface area is 126 Å². The average molecular weight is 288 g/mol. The molecular weight excluding hydrogens is 264 g/mol. The van der Waals surface area contributed by atoms with Crippen molar-refractivity contribution in [3.05, 3.63) is 35.9 Å². The summed E-state index contributed by atoms with van der Waals surface area (Å²) < 4.78 is 0. The summed E-state index contributed by atoms with van der Waals surface area (Å²) in [6.07, 6.45) is 2.63. The summed E-state index contributed by atoms with van der Waals surface area (Å²) in [5, 5.41) is 9.22. The fourth-order valence-electron chi connectivity index (χ4n) is 3.51. The topological polar surface area (TPSA) is 43.8 Å². The Morgan fingerprint density at radius 2 is 1.86 bits per heavy atom. The highest BCUT2D eigenvalue weighted by Gasteiger charge is 2.35. The summed E-state index contributed by atoms with van der Waals surface area (Å²) in [7, 11) is 0. The lowest BCUT2D eigenvalue weighted by atomic mass is 10.0. The van der Waals surface area contributed by atoms with Crippen molar-refractivity contribution in [2.75, 3.05) is 26.2 Å². The van der Waals surface area contributed by atoms with Gasteiger partial charge in [0.2, 0.25) is 5.91 Å². The van der Waals surface area contributed by atoms with Crippen LogP contribution in [0.1, 0.15) is 24.8 Å². The number of benzene rings is 1. The van der Waals surface area contributed by atoms with Crippen LogP contribution >= 0.6 is 0 Å². The molecule has 0 radical (unpaired) electrons. The fourth-order valence-corrected chi connectivity index (χ4v) is 3.51. The van der Waals surface area contributed by atoms with Gasteiger partial charge in [0.25, 0.3) is 0 Å². The second-order valence-electron chi connectivity index (χ2n) is 6.29. The van der Waals surface area contributed by atoms with Gasteiger partial charge in [-0.05, 0) is 18.4 Å². The largest absolute Gasteiger partial charge is 0.396 e. The Bertz CT molecular complexity index is 469. The van der Waals surface area contributed by atoms with E-state index >= 15 is 0 Å². The number of carbonyl (C=O) groups is 1. The van der Waals surface area contributed by atoms with Gasteiger partial charge in [0.05, 0.1) is 0 Å². The van der Waals surface area contributed by atoms with E-state index in [4.69, 9.17) is 0 Å². The van der Waals surface area contributed by atoms with Crippen molar-refractivity contribution < 1.29 is 9.90 Å². The first kappa shape index (κ1) is 14.5. The molecule has 1 atom stereocenters. The predicted molar refractivity (Wildman–Crippen MR) is 81.6 cm³/mol. The minimum absolute atomic E-state index is 0.134. The molecule has 0 spiro atoms. The summed E-state index contributed by atoms with van der Waals surface area (Å²) in [5.41, 5.74) is 1.36. The van der Waals surface area contributed by atoms with Gasteiger partial charge in [-0.1, -0.05) is 30.3 Å². The van der Waals surface area contributed by atoms with Crippen LogP contribution in [0.3, 0.4) is 0 Å². The van der Waals surface area contributed by atoms with E-state index < -0.39 is 0 Å². The molecular formula is C17H24N2O2. The van der Waals surface area contributed by atoms with Gasteiger partial charge in [-0.25, -0.2) is 0 Å². The number of hydrogen-bond donors (Lipinski definition) is 1. The molecule has 4 heteroatoms. The molecule has 1 aromatic carbocycles. The third kappa shape index (κ3) is 3.44. The molecule has 0 bridgehead atoms. The molecule has 2 fully saturated rings.